The van der Waals surface area contributed by atoms with E-state index in [2.05, 4.69) is 5.32 Å². The first-order chi connectivity index (χ1) is 12.8. The van der Waals surface area contributed by atoms with E-state index < -0.39 is 11.5 Å². The van der Waals surface area contributed by atoms with Crippen LogP contribution in [0.2, 0.25) is 0 Å². The third-order valence-electron chi connectivity index (χ3n) is 6.41. The van der Waals surface area contributed by atoms with E-state index in [9.17, 15) is 9.59 Å². The van der Waals surface area contributed by atoms with Gasteiger partial charge in [-0.15, -0.1) is 11.6 Å². The highest BCUT2D eigenvalue weighted by atomic mass is 35.5. The second kappa shape index (κ2) is 6.69. The molecule has 1 aromatic carbocycles. The Morgan fingerprint density at radius 1 is 1.22 bits per heavy atom. The maximum absolute atomic E-state index is 13.0. The molecule has 5 rings (SSSR count). The van der Waals surface area contributed by atoms with Crippen molar-refractivity contribution in [1.29, 1.82) is 0 Å². The number of benzene rings is 1. The minimum atomic E-state index is -0.858. The molecule has 1 amide bonds. The molecule has 0 saturated heterocycles. The second-order valence-corrected chi connectivity index (χ2v) is 9.46. The Labute approximate surface area is 164 Å². The molecule has 2 unspecified atom stereocenters. The minimum Gasteiger partial charge on any atom is -0.497 e. The molecular weight excluding hydrogens is 366 g/mol. The third kappa shape index (κ3) is 3.54. The fourth-order valence-corrected chi connectivity index (χ4v) is 6.37. The number of methoxy groups -OCH3 is 1. The van der Waals surface area contributed by atoms with Crippen molar-refractivity contribution in [2.24, 2.45) is 17.3 Å². The van der Waals surface area contributed by atoms with Crippen molar-refractivity contribution >= 4 is 29.2 Å². The molecule has 1 aromatic rings. The molecule has 0 aliphatic heterocycles. The molecule has 0 radical (unpaired) electrons. The summed E-state index contributed by atoms with van der Waals surface area (Å²) in [5, 5.41) is 2.78. The Morgan fingerprint density at radius 2 is 1.93 bits per heavy atom. The average Bonchev–Trinajstić information content (AvgIpc) is 2.59. The van der Waals surface area contributed by atoms with Crippen molar-refractivity contribution in [2.45, 2.75) is 56.4 Å². The molecule has 4 bridgehead atoms. The quantitative estimate of drug-likeness (QED) is 0.605. The van der Waals surface area contributed by atoms with Crippen LogP contribution in [-0.2, 0) is 14.3 Å². The van der Waals surface area contributed by atoms with Gasteiger partial charge in [0.2, 0.25) is 0 Å². The number of amides is 1. The highest BCUT2D eigenvalue weighted by Gasteiger charge is 2.61. The molecule has 4 aliphatic rings. The number of nitrogens with one attached hydrogen (secondary N) is 1. The van der Waals surface area contributed by atoms with Gasteiger partial charge in [-0.05, 0) is 69.4 Å². The molecule has 146 valence electrons. The van der Waals surface area contributed by atoms with Gasteiger partial charge in [0.25, 0.3) is 5.91 Å². The Morgan fingerprint density at radius 3 is 2.56 bits per heavy atom. The van der Waals surface area contributed by atoms with Gasteiger partial charge in [-0.1, -0.05) is 6.07 Å². The summed E-state index contributed by atoms with van der Waals surface area (Å²) in [6, 6.07) is 7.09. The van der Waals surface area contributed by atoms with E-state index in [-0.39, 0.29) is 16.8 Å². The summed E-state index contributed by atoms with van der Waals surface area (Å²) in [5.41, 5.74) is 0.104. The Hall–Kier alpha value is -1.75. The predicted octanol–water partition coefficient (Wildman–Crippen LogP) is 4.14. The van der Waals surface area contributed by atoms with Crippen LogP contribution < -0.4 is 10.1 Å². The van der Waals surface area contributed by atoms with Crippen LogP contribution in [0.25, 0.3) is 0 Å². The first kappa shape index (κ1) is 18.6. The van der Waals surface area contributed by atoms with Crippen LogP contribution in [0.1, 0.15) is 45.4 Å². The number of carbonyl (C=O) groups is 2. The number of alkyl halides is 1. The highest BCUT2D eigenvalue weighted by Crippen LogP contribution is 2.64. The van der Waals surface area contributed by atoms with E-state index >= 15 is 0 Å². The van der Waals surface area contributed by atoms with Gasteiger partial charge in [0.15, 0.2) is 6.10 Å². The van der Waals surface area contributed by atoms with Gasteiger partial charge < -0.3 is 14.8 Å². The van der Waals surface area contributed by atoms with Crippen molar-refractivity contribution in [3.05, 3.63) is 24.3 Å². The van der Waals surface area contributed by atoms with Gasteiger partial charge in [0.05, 0.1) is 12.5 Å². The summed E-state index contributed by atoms with van der Waals surface area (Å²) in [5.74, 6) is 1.07. The van der Waals surface area contributed by atoms with Crippen molar-refractivity contribution in [3.8, 4) is 5.75 Å². The lowest BCUT2D eigenvalue weighted by atomic mass is 9.49. The topological polar surface area (TPSA) is 64.6 Å². The van der Waals surface area contributed by atoms with Crippen LogP contribution in [0.4, 0.5) is 5.69 Å². The van der Waals surface area contributed by atoms with Gasteiger partial charge in [-0.2, -0.15) is 0 Å². The van der Waals surface area contributed by atoms with E-state index in [1.165, 1.54) is 6.42 Å². The fraction of sp³-hybridized carbons (Fsp3) is 0.619. The van der Waals surface area contributed by atoms with Crippen LogP contribution in [0.3, 0.4) is 0 Å². The van der Waals surface area contributed by atoms with Crippen LogP contribution in [0.5, 0.6) is 5.75 Å². The lowest BCUT2D eigenvalue weighted by Crippen LogP contribution is -2.57. The molecule has 1 N–H and O–H groups in total. The summed E-state index contributed by atoms with van der Waals surface area (Å²) >= 11 is 6.80. The maximum Gasteiger partial charge on any atom is 0.312 e. The summed E-state index contributed by atoms with van der Waals surface area (Å²) < 4.78 is 10.8. The van der Waals surface area contributed by atoms with E-state index in [4.69, 9.17) is 21.1 Å². The molecular formula is C21H26ClNO4. The molecule has 27 heavy (non-hydrogen) atoms. The van der Waals surface area contributed by atoms with Crippen molar-refractivity contribution in [2.75, 3.05) is 12.4 Å². The summed E-state index contributed by atoms with van der Waals surface area (Å²) in [6.45, 7) is 1.62. The molecule has 4 fully saturated rings. The number of hydrogen-bond donors (Lipinski definition) is 1. The Kier molecular flexibility index (Phi) is 4.61. The molecule has 0 aromatic heterocycles. The van der Waals surface area contributed by atoms with E-state index in [0.29, 0.717) is 29.7 Å². The summed E-state index contributed by atoms with van der Waals surface area (Å²) in [6.07, 6.45) is 4.70. The number of rotatable bonds is 5. The monoisotopic (exact) mass is 391 g/mol. The number of hydrogen-bond acceptors (Lipinski definition) is 4. The van der Waals surface area contributed by atoms with Crippen LogP contribution in [0.15, 0.2) is 24.3 Å². The molecule has 6 heteroatoms. The number of halogens is 1. The van der Waals surface area contributed by atoms with Gasteiger partial charge in [0.1, 0.15) is 5.75 Å². The SMILES string of the molecule is COc1cccc(NC(=O)[C@H](C)OC(=O)C23C[C@@H]4C[C@@H](CC(Cl)(C4)C2)C3)c1. The summed E-state index contributed by atoms with van der Waals surface area (Å²) in [4.78, 5) is 25.3. The number of esters is 1. The van der Waals surface area contributed by atoms with Crippen molar-refractivity contribution < 1.29 is 19.1 Å². The summed E-state index contributed by atoms with van der Waals surface area (Å²) in [7, 11) is 1.57. The molecule has 0 heterocycles. The van der Waals surface area contributed by atoms with Crippen molar-refractivity contribution in [3.63, 3.8) is 0 Å². The maximum atomic E-state index is 13.0. The molecule has 5 nitrogen and oxygen atoms in total. The van der Waals surface area contributed by atoms with Crippen LogP contribution >= 0.6 is 11.6 Å². The zero-order valence-electron chi connectivity index (χ0n) is 15.8. The predicted molar refractivity (Wildman–Crippen MR) is 103 cm³/mol. The van der Waals surface area contributed by atoms with Gasteiger partial charge in [-0.25, -0.2) is 0 Å². The van der Waals surface area contributed by atoms with Gasteiger partial charge in [-0.3, -0.25) is 9.59 Å². The Bertz CT molecular complexity index is 750. The first-order valence-corrected chi connectivity index (χ1v) is 10.0. The lowest BCUT2D eigenvalue weighted by molar-refractivity contribution is -0.176. The smallest absolute Gasteiger partial charge is 0.312 e. The first-order valence-electron chi connectivity index (χ1n) is 9.66. The van der Waals surface area contributed by atoms with E-state index in [1.54, 1.807) is 38.3 Å². The van der Waals surface area contributed by atoms with E-state index in [1.807, 2.05) is 0 Å². The minimum absolute atomic E-state index is 0.255. The number of anilines is 1. The highest BCUT2D eigenvalue weighted by molar-refractivity contribution is 6.24. The zero-order valence-corrected chi connectivity index (χ0v) is 16.6. The normalized spacial score (nSPS) is 34.8. The largest absolute Gasteiger partial charge is 0.497 e. The van der Waals surface area contributed by atoms with Crippen LogP contribution in [-0.4, -0.2) is 30.0 Å². The molecule has 4 aliphatic carbocycles. The number of carbonyl (C=O) groups excluding carboxylic acids is 2. The number of ether oxygens (including phenoxy) is 2. The van der Waals surface area contributed by atoms with Crippen LogP contribution in [0, 0.1) is 17.3 Å². The Balaban J connectivity index is 1.41. The fourth-order valence-electron chi connectivity index (χ4n) is 5.67. The van der Waals surface area contributed by atoms with Crippen molar-refractivity contribution in [1.82, 2.24) is 0 Å². The average molecular weight is 392 g/mol. The van der Waals surface area contributed by atoms with Gasteiger partial charge in [0, 0.05) is 16.6 Å². The van der Waals surface area contributed by atoms with E-state index in [0.717, 1.165) is 25.7 Å². The molecule has 0 spiro atoms. The van der Waals surface area contributed by atoms with Gasteiger partial charge >= 0.3 is 5.97 Å². The molecule has 4 saturated carbocycles. The second-order valence-electron chi connectivity index (χ2n) is 8.66. The third-order valence-corrected chi connectivity index (χ3v) is 6.86. The standard InChI is InChI=1S/C21H26ClNO4/c1-13(18(24)23-16-4-3-5-17(7-16)26-2)27-19(25)20-8-14-6-15(9-20)11-21(22,10-14)12-20/h3-5,7,13-15H,6,8-12H2,1-2H3,(H,23,24)/t13-,14-,15+,20?,21?/m0/s1. The zero-order chi connectivity index (χ0) is 19.2. The lowest BCUT2D eigenvalue weighted by Gasteiger charge is -2.58. The molecule has 5 atom stereocenters.